The molecule has 330 valence electrons. The summed E-state index contributed by atoms with van der Waals surface area (Å²) in [5, 5.41) is 106. The molecule has 16 nitrogen and oxygen atoms in total. The summed E-state index contributed by atoms with van der Waals surface area (Å²) in [6, 6.07) is 0. The monoisotopic (exact) mass is 826 g/mol. The van der Waals surface area contributed by atoms with E-state index in [4.69, 9.17) is 18.9 Å². The standard InChI is InChI=1S/C42H66O16/c1-19-9-14-42(36(53)58-34-29(49)26(46)25(45)21(17-43)55-34)16-15-39(4)20(32(42)41(19,6)54)7-8-23-37(2)12-11-24(38(3,18-44)22(37)10-13-40(23,39)5)56-35-30(50)27(47)28(48)31(57-35)33(51)52/h7,19,21-32,34-35,43-50,54H,8-18H2,1-6H3,(H,51,52)/t19-,21-,22-,23-,24+,25-,26+,27+,28+,29-,30-,31+,32-,34+,35-,37+,38+,39-,40-,41-,42+/m1/s1. The Hall–Kier alpha value is -1.80. The molecule has 5 aliphatic carbocycles. The molecule has 4 saturated carbocycles. The van der Waals surface area contributed by atoms with E-state index in [1.54, 1.807) is 6.92 Å². The molecule has 0 spiro atoms. The lowest BCUT2D eigenvalue weighted by Crippen LogP contribution is -2.69. The molecule has 58 heavy (non-hydrogen) atoms. The van der Waals surface area contributed by atoms with Gasteiger partial charge >= 0.3 is 11.9 Å². The van der Waals surface area contributed by atoms with E-state index >= 15 is 0 Å². The van der Waals surface area contributed by atoms with Gasteiger partial charge in [-0.25, -0.2) is 4.79 Å². The first-order valence-corrected chi connectivity index (χ1v) is 21.1. The van der Waals surface area contributed by atoms with E-state index < -0.39 is 114 Å². The number of esters is 1. The van der Waals surface area contributed by atoms with Gasteiger partial charge in [0.15, 0.2) is 12.4 Å². The predicted molar refractivity (Wildman–Crippen MR) is 201 cm³/mol. The summed E-state index contributed by atoms with van der Waals surface area (Å²) in [6.45, 7) is 11.6. The summed E-state index contributed by atoms with van der Waals surface area (Å²) in [5.74, 6) is -2.98. The van der Waals surface area contributed by atoms with E-state index in [-0.39, 0.29) is 35.2 Å². The van der Waals surface area contributed by atoms with Crippen LogP contribution >= 0.6 is 0 Å². The molecule has 0 aromatic heterocycles. The lowest BCUT2D eigenvalue weighted by molar-refractivity contribution is -0.327. The molecule has 0 unspecified atom stereocenters. The van der Waals surface area contributed by atoms with Crippen molar-refractivity contribution in [3.63, 3.8) is 0 Å². The molecule has 10 N–H and O–H groups in total. The van der Waals surface area contributed by atoms with Crippen molar-refractivity contribution in [1.82, 2.24) is 0 Å². The number of carbonyl (C=O) groups excluding carboxylic acids is 1. The molecule has 6 fully saturated rings. The normalized spacial score (nSPS) is 55.5. The fourth-order valence-electron chi connectivity index (χ4n) is 13.8. The molecule has 2 saturated heterocycles. The Balaban J connectivity index is 1.19. The Morgan fingerprint density at radius 3 is 2.07 bits per heavy atom. The highest BCUT2D eigenvalue weighted by molar-refractivity contribution is 5.79. The van der Waals surface area contributed by atoms with Gasteiger partial charge in [0.2, 0.25) is 6.29 Å². The molecule has 7 aliphatic rings. The Bertz CT molecular complexity index is 1620. The first kappa shape index (κ1) is 44.3. The Labute approximate surface area is 339 Å². The van der Waals surface area contributed by atoms with Gasteiger partial charge in [0.1, 0.15) is 42.7 Å². The average molecular weight is 827 g/mol. The van der Waals surface area contributed by atoms with Crippen LogP contribution in [0.25, 0.3) is 0 Å². The molecule has 0 amide bonds. The lowest BCUT2D eigenvalue weighted by Gasteiger charge is -2.72. The van der Waals surface area contributed by atoms with Crippen molar-refractivity contribution in [1.29, 1.82) is 0 Å². The van der Waals surface area contributed by atoms with Crippen molar-refractivity contribution in [3.8, 4) is 0 Å². The van der Waals surface area contributed by atoms with Crippen LogP contribution in [0.4, 0.5) is 0 Å². The maximum atomic E-state index is 14.6. The molecule has 2 aliphatic heterocycles. The van der Waals surface area contributed by atoms with Crippen molar-refractivity contribution in [2.24, 2.45) is 50.7 Å². The number of allylic oxidation sites excluding steroid dienone is 1. The van der Waals surface area contributed by atoms with Crippen molar-refractivity contribution < 1.29 is 79.6 Å². The summed E-state index contributed by atoms with van der Waals surface area (Å²) in [7, 11) is 0. The number of carboxylic acids is 1. The second-order valence-electron chi connectivity index (χ2n) is 20.2. The zero-order valence-electron chi connectivity index (χ0n) is 34.4. The van der Waals surface area contributed by atoms with Crippen LogP contribution in [-0.4, -0.2) is 149 Å². The highest BCUT2D eigenvalue weighted by atomic mass is 16.7. The number of carboxylic acid groups (broad SMARTS) is 1. The topological polar surface area (TPSA) is 273 Å². The number of ether oxygens (including phenoxy) is 4. The third kappa shape index (κ3) is 6.13. The molecule has 7 rings (SSSR count). The van der Waals surface area contributed by atoms with Crippen LogP contribution in [0.3, 0.4) is 0 Å². The van der Waals surface area contributed by atoms with E-state index in [1.807, 2.05) is 13.8 Å². The summed E-state index contributed by atoms with van der Waals surface area (Å²) in [4.78, 5) is 26.5. The second kappa shape index (κ2) is 14.9. The maximum Gasteiger partial charge on any atom is 0.335 e. The minimum Gasteiger partial charge on any atom is -0.479 e. The van der Waals surface area contributed by atoms with Crippen LogP contribution in [0, 0.1) is 50.7 Å². The number of hydrogen-bond acceptors (Lipinski definition) is 15. The number of aliphatic hydroxyl groups excluding tert-OH is 8. The van der Waals surface area contributed by atoms with Crippen LogP contribution in [0.2, 0.25) is 0 Å². The fraction of sp³-hybridized carbons (Fsp3) is 0.905. The van der Waals surface area contributed by atoms with Gasteiger partial charge in [0.25, 0.3) is 0 Å². The van der Waals surface area contributed by atoms with Gasteiger partial charge in [0.05, 0.1) is 30.3 Å². The van der Waals surface area contributed by atoms with Crippen molar-refractivity contribution in [2.75, 3.05) is 13.2 Å². The minimum absolute atomic E-state index is 0.0825. The van der Waals surface area contributed by atoms with Crippen LogP contribution in [0.5, 0.6) is 0 Å². The van der Waals surface area contributed by atoms with Gasteiger partial charge < -0.3 is 70.0 Å². The molecular weight excluding hydrogens is 760 g/mol. The molecule has 2 heterocycles. The quantitative estimate of drug-likeness (QED) is 0.0943. The molecule has 0 aromatic rings. The number of hydrogen-bond donors (Lipinski definition) is 10. The summed E-state index contributed by atoms with van der Waals surface area (Å²) in [5.41, 5.74) is -3.52. The Morgan fingerprint density at radius 1 is 0.776 bits per heavy atom. The third-order valence-corrected chi connectivity index (χ3v) is 17.7. The van der Waals surface area contributed by atoms with E-state index in [9.17, 15) is 60.7 Å². The van der Waals surface area contributed by atoms with Gasteiger partial charge in [-0.3, -0.25) is 4.79 Å². The SMILES string of the molecule is C[C@@H]1CC[C@]2(C(=O)O[C@@H]3O[C@H](CO)[C@@H](O)[C@H](O)[C@H]3O)CC[C@]3(C)C(=CC[C@@H]4[C@@]5(C)CC[C@H](O[C@@H]6O[C@H](C(=O)O)[C@@H](O)[C@H](O)[C@H]6O)[C@@](C)(CO)[C@@H]5CC[C@]43C)[C@@H]2[C@]1(C)O. The first-order valence-electron chi connectivity index (χ1n) is 21.1. The molecule has 0 radical (unpaired) electrons. The number of aliphatic hydroxyl groups is 9. The van der Waals surface area contributed by atoms with Gasteiger partial charge in [-0.05, 0) is 98.7 Å². The predicted octanol–water partition coefficient (Wildman–Crippen LogP) is 0.352. The molecule has 16 heteroatoms. The molecule has 0 bridgehead atoms. The van der Waals surface area contributed by atoms with E-state index in [1.165, 1.54) is 0 Å². The van der Waals surface area contributed by atoms with Gasteiger partial charge in [-0.1, -0.05) is 46.3 Å². The third-order valence-electron chi connectivity index (χ3n) is 17.7. The smallest absolute Gasteiger partial charge is 0.335 e. The highest BCUT2D eigenvalue weighted by Gasteiger charge is 2.72. The summed E-state index contributed by atoms with van der Waals surface area (Å²) >= 11 is 0. The van der Waals surface area contributed by atoms with Crippen LogP contribution in [0.15, 0.2) is 11.6 Å². The fourth-order valence-corrected chi connectivity index (χ4v) is 13.8. The number of aliphatic carboxylic acids is 1. The lowest BCUT2D eigenvalue weighted by atomic mass is 9.33. The molecule has 21 atom stereocenters. The minimum atomic E-state index is -1.86. The number of fused-ring (bicyclic) bond motifs is 7. The zero-order chi connectivity index (χ0) is 42.7. The number of carbonyl (C=O) groups is 2. The van der Waals surface area contributed by atoms with Crippen LogP contribution < -0.4 is 0 Å². The Morgan fingerprint density at radius 2 is 1.43 bits per heavy atom. The van der Waals surface area contributed by atoms with Crippen LogP contribution in [0.1, 0.15) is 99.3 Å². The average Bonchev–Trinajstić information content (AvgIpc) is 3.17. The van der Waals surface area contributed by atoms with Crippen molar-refractivity contribution in [2.45, 2.75) is 172 Å². The second-order valence-corrected chi connectivity index (χ2v) is 20.2. The summed E-state index contributed by atoms with van der Waals surface area (Å²) < 4.78 is 23.3. The van der Waals surface area contributed by atoms with Crippen molar-refractivity contribution >= 4 is 11.9 Å². The van der Waals surface area contributed by atoms with Gasteiger partial charge in [-0.2, -0.15) is 0 Å². The largest absolute Gasteiger partial charge is 0.479 e. The van der Waals surface area contributed by atoms with Gasteiger partial charge in [-0.15, -0.1) is 0 Å². The molecule has 0 aromatic carbocycles. The zero-order valence-corrected chi connectivity index (χ0v) is 34.4. The summed E-state index contributed by atoms with van der Waals surface area (Å²) in [6.07, 6.45) is -10.1. The van der Waals surface area contributed by atoms with E-state index in [0.717, 1.165) is 12.0 Å². The number of rotatable bonds is 7. The maximum absolute atomic E-state index is 14.6. The van der Waals surface area contributed by atoms with E-state index in [0.29, 0.717) is 51.4 Å². The Kier molecular flexibility index (Phi) is 11.4. The van der Waals surface area contributed by atoms with Gasteiger partial charge in [0, 0.05) is 11.3 Å². The van der Waals surface area contributed by atoms with Crippen molar-refractivity contribution in [3.05, 3.63) is 11.6 Å². The highest BCUT2D eigenvalue weighted by Crippen LogP contribution is 2.76. The first-order chi connectivity index (χ1) is 27.0. The van der Waals surface area contributed by atoms with E-state index in [2.05, 4.69) is 26.8 Å². The molecular formula is C42H66O16. The van der Waals surface area contributed by atoms with Crippen LogP contribution in [-0.2, 0) is 28.5 Å².